The standard InChI is InChI=1S/C17H24F6O3/c1-4-14(2,3)26-13(24)12-7-9-5-10(11(12)6-9)8-15(25,16(18,19)20)17(21,22)23/h9-12,25H,4-8H2,1-3H3. The molecule has 9 heteroatoms. The van der Waals surface area contributed by atoms with Crippen LogP contribution in [0.15, 0.2) is 0 Å². The van der Waals surface area contributed by atoms with E-state index in [4.69, 9.17) is 4.74 Å². The molecule has 2 fully saturated rings. The van der Waals surface area contributed by atoms with Gasteiger partial charge < -0.3 is 9.84 Å². The maximum Gasteiger partial charge on any atom is 0.426 e. The molecule has 0 aromatic heterocycles. The lowest BCUT2D eigenvalue weighted by Gasteiger charge is -2.38. The Morgan fingerprint density at radius 3 is 2.00 bits per heavy atom. The molecule has 0 saturated heterocycles. The van der Waals surface area contributed by atoms with E-state index in [0.717, 1.165) is 0 Å². The maximum atomic E-state index is 13.0. The van der Waals surface area contributed by atoms with Crippen molar-refractivity contribution in [3.63, 3.8) is 0 Å². The summed E-state index contributed by atoms with van der Waals surface area (Å²) < 4.78 is 83.1. The lowest BCUT2D eigenvalue weighted by molar-refractivity contribution is -0.373. The van der Waals surface area contributed by atoms with E-state index in [1.165, 1.54) is 0 Å². The molecule has 0 radical (unpaired) electrons. The number of hydrogen-bond donors (Lipinski definition) is 1. The normalized spacial score (nSPS) is 29.9. The van der Waals surface area contributed by atoms with Gasteiger partial charge >= 0.3 is 18.3 Å². The topological polar surface area (TPSA) is 46.5 Å². The summed E-state index contributed by atoms with van der Waals surface area (Å²) in [6.07, 6.45) is -11.6. The van der Waals surface area contributed by atoms with Crippen molar-refractivity contribution in [3.8, 4) is 0 Å². The second-order valence-corrected chi connectivity index (χ2v) is 8.20. The Morgan fingerprint density at radius 2 is 1.58 bits per heavy atom. The van der Waals surface area contributed by atoms with Crippen molar-refractivity contribution in [2.75, 3.05) is 0 Å². The van der Waals surface area contributed by atoms with Crippen LogP contribution in [0.4, 0.5) is 26.3 Å². The van der Waals surface area contributed by atoms with E-state index >= 15 is 0 Å². The fourth-order valence-corrected chi connectivity index (χ4v) is 4.19. The predicted molar refractivity (Wildman–Crippen MR) is 79.9 cm³/mol. The third kappa shape index (κ3) is 3.82. The first-order chi connectivity index (χ1) is 11.6. The van der Waals surface area contributed by atoms with Crippen molar-refractivity contribution in [1.82, 2.24) is 0 Å². The molecule has 1 N–H and O–H groups in total. The van der Waals surface area contributed by atoms with E-state index in [-0.39, 0.29) is 12.3 Å². The molecule has 0 aliphatic heterocycles. The molecular formula is C17H24F6O3. The van der Waals surface area contributed by atoms with Crippen molar-refractivity contribution >= 4 is 5.97 Å². The summed E-state index contributed by atoms with van der Waals surface area (Å²) in [7, 11) is 0. The van der Waals surface area contributed by atoms with Gasteiger partial charge in [-0.2, -0.15) is 26.3 Å². The lowest BCUT2D eigenvalue weighted by atomic mass is 9.74. The molecular weight excluding hydrogens is 366 g/mol. The minimum atomic E-state index is -5.83. The highest BCUT2D eigenvalue weighted by atomic mass is 19.4. The largest absolute Gasteiger partial charge is 0.459 e. The summed E-state index contributed by atoms with van der Waals surface area (Å²) >= 11 is 0. The highest BCUT2D eigenvalue weighted by Crippen LogP contribution is 2.57. The summed E-state index contributed by atoms with van der Waals surface area (Å²) in [6.45, 7) is 5.20. The maximum absolute atomic E-state index is 13.0. The quantitative estimate of drug-likeness (QED) is 0.550. The van der Waals surface area contributed by atoms with Gasteiger partial charge in [-0.1, -0.05) is 6.92 Å². The van der Waals surface area contributed by atoms with Gasteiger partial charge in [0.2, 0.25) is 0 Å². The Labute approximate surface area is 148 Å². The molecule has 2 aliphatic carbocycles. The molecule has 0 aromatic rings. The van der Waals surface area contributed by atoms with Crippen molar-refractivity contribution in [3.05, 3.63) is 0 Å². The second kappa shape index (κ2) is 6.56. The summed E-state index contributed by atoms with van der Waals surface area (Å²) in [4.78, 5) is 12.4. The van der Waals surface area contributed by atoms with Crippen molar-refractivity contribution in [2.24, 2.45) is 23.7 Å². The fourth-order valence-electron chi connectivity index (χ4n) is 4.19. The minimum Gasteiger partial charge on any atom is -0.459 e. The van der Waals surface area contributed by atoms with Gasteiger partial charge in [-0.25, -0.2) is 0 Å². The molecule has 3 nitrogen and oxygen atoms in total. The third-order valence-electron chi connectivity index (χ3n) is 5.98. The number of aliphatic hydroxyl groups is 1. The monoisotopic (exact) mass is 390 g/mol. The van der Waals surface area contributed by atoms with Gasteiger partial charge in [-0.3, -0.25) is 4.79 Å². The number of hydrogen-bond acceptors (Lipinski definition) is 3. The first-order valence-corrected chi connectivity index (χ1v) is 8.70. The number of ether oxygens (including phenoxy) is 1. The fraction of sp³-hybridized carbons (Fsp3) is 0.941. The van der Waals surface area contributed by atoms with Gasteiger partial charge in [-0.05, 0) is 63.7 Å². The molecule has 152 valence electrons. The Hall–Kier alpha value is -0.990. The van der Waals surface area contributed by atoms with E-state index in [1.807, 2.05) is 6.92 Å². The summed E-state index contributed by atoms with van der Waals surface area (Å²) in [6, 6.07) is 0. The number of halogens is 6. The number of fused-ring (bicyclic) bond motifs is 2. The molecule has 2 saturated carbocycles. The van der Waals surface area contributed by atoms with Crippen molar-refractivity contribution in [1.29, 1.82) is 0 Å². The summed E-state index contributed by atoms with van der Waals surface area (Å²) in [5.41, 5.74) is -5.50. The highest BCUT2D eigenvalue weighted by molar-refractivity contribution is 5.74. The average molecular weight is 390 g/mol. The van der Waals surface area contributed by atoms with Crippen LogP contribution in [0.1, 0.15) is 52.9 Å². The number of alkyl halides is 6. The zero-order valence-electron chi connectivity index (χ0n) is 14.9. The van der Waals surface area contributed by atoms with E-state index in [0.29, 0.717) is 19.3 Å². The lowest BCUT2D eigenvalue weighted by Crippen LogP contribution is -2.58. The molecule has 0 spiro atoms. The summed E-state index contributed by atoms with van der Waals surface area (Å²) in [5.74, 6) is -3.05. The van der Waals surface area contributed by atoms with Crippen molar-refractivity contribution < 1.29 is 41.0 Å². The van der Waals surface area contributed by atoms with Crippen LogP contribution in [0.5, 0.6) is 0 Å². The smallest absolute Gasteiger partial charge is 0.426 e. The van der Waals surface area contributed by atoms with Gasteiger partial charge in [0.1, 0.15) is 5.60 Å². The zero-order chi connectivity index (χ0) is 20.1. The van der Waals surface area contributed by atoms with E-state index in [9.17, 15) is 36.2 Å². The van der Waals surface area contributed by atoms with Gasteiger partial charge in [0, 0.05) is 0 Å². The van der Waals surface area contributed by atoms with Gasteiger partial charge in [0.25, 0.3) is 5.60 Å². The molecule has 2 rings (SSSR count). The van der Waals surface area contributed by atoms with Gasteiger partial charge in [0.15, 0.2) is 0 Å². The highest BCUT2D eigenvalue weighted by Gasteiger charge is 2.71. The summed E-state index contributed by atoms with van der Waals surface area (Å²) in [5, 5.41) is 9.46. The zero-order valence-corrected chi connectivity index (χ0v) is 14.9. The average Bonchev–Trinajstić information content (AvgIpc) is 3.04. The molecule has 2 bridgehead atoms. The SMILES string of the molecule is CCC(C)(C)OC(=O)C1CC2CC(CC(O)(C(F)(F)F)C(F)(F)F)C1C2. The molecule has 4 atom stereocenters. The second-order valence-electron chi connectivity index (χ2n) is 8.20. The molecule has 26 heavy (non-hydrogen) atoms. The van der Waals surface area contributed by atoms with E-state index < -0.39 is 53.7 Å². The number of carbonyl (C=O) groups is 1. The molecule has 4 unspecified atom stereocenters. The molecule has 2 aliphatic rings. The van der Waals surface area contributed by atoms with Crippen LogP contribution < -0.4 is 0 Å². The Bertz CT molecular complexity index is 526. The van der Waals surface area contributed by atoms with Crippen molar-refractivity contribution in [2.45, 2.75) is 76.4 Å². The van der Waals surface area contributed by atoms with Gasteiger partial charge in [-0.15, -0.1) is 0 Å². The van der Waals surface area contributed by atoms with Gasteiger partial charge in [0.05, 0.1) is 5.92 Å². The molecule has 0 aromatic carbocycles. The number of esters is 1. The van der Waals surface area contributed by atoms with Crippen LogP contribution >= 0.6 is 0 Å². The van der Waals surface area contributed by atoms with Crippen LogP contribution in [0.2, 0.25) is 0 Å². The van der Waals surface area contributed by atoms with Crippen LogP contribution in [-0.2, 0) is 9.53 Å². The number of rotatable bonds is 5. The number of carbonyl (C=O) groups excluding carboxylic acids is 1. The predicted octanol–water partition coefficient (Wildman–Crippen LogP) is 4.63. The first kappa shape index (κ1) is 21.3. The van der Waals surface area contributed by atoms with E-state index in [2.05, 4.69) is 0 Å². The molecule has 0 amide bonds. The molecule has 0 heterocycles. The first-order valence-electron chi connectivity index (χ1n) is 8.70. The van der Waals surface area contributed by atoms with Crippen LogP contribution in [0.25, 0.3) is 0 Å². The Balaban J connectivity index is 2.16. The van der Waals surface area contributed by atoms with Crippen LogP contribution in [-0.4, -0.2) is 34.6 Å². The minimum absolute atomic E-state index is 0.113. The Kier molecular flexibility index (Phi) is 5.38. The van der Waals surface area contributed by atoms with E-state index in [1.54, 1.807) is 13.8 Å². The Morgan fingerprint density at radius 1 is 1.04 bits per heavy atom. The van der Waals surface area contributed by atoms with Crippen LogP contribution in [0, 0.1) is 23.7 Å². The third-order valence-corrected chi connectivity index (χ3v) is 5.98. The van der Waals surface area contributed by atoms with Crippen LogP contribution in [0.3, 0.4) is 0 Å².